The number of nitrogens with zero attached hydrogens (tertiary/aromatic N) is 4. The maximum Gasteiger partial charge on any atom is 0.141 e. The second-order valence-corrected chi connectivity index (χ2v) is 7.53. The summed E-state index contributed by atoms with van der Waals surface area (Å²) in [5.74, 6) is 1.44. The van der Waals surface area contributed by atoms with E-state index in [9.17, 15) is 0 Å². The highest BCUT2D eigenvalue weighted by atomic mass is 16.5. The number of rotatable bonds is 5. The van der Waals surface area contributed by atoms with E-state index in [1.807, 2.05) is 26.4 Å². The zero-order valence-electron chi connectivity index (χ0n) is 16.2. The Kier molecular flexibility index (Phi) is 4.52. The maximum absolute atomic E-state index is 5.33. The molecule has 0 amide bonds. The minimum Gasteiger partial charge on any atom is -0.361 e. The molecule has 4 aromatic rings. The highest BCUT2D eigenvalue weighted by Crippen LogP contribution is 2.29. The molecule has 0 spiro atoms. The largest absolute Gasteiger partial charge is 0.361 e. The topological polar surface area (TPSA) is 56.7 Å². The van der Waals surface area contributed by atoms with Crippen LogP contribution in [-0.4, -0.2) is 19.7 Å². The van der Waals surface area contributed by atoms with Crippen molar-refractivity contribution in [3.8, 4) is 11.1 Å². The van der Waals surface area contributed by atoms with Crippen LogP contribution in [0.25, 0.3) is 22.2 Å². The molecule has 5 nitrogen and oxygen atoms in total. The average molecular weight is 360 g/mol. The van der Waals surface area contributed by atoms with E-state index in [-0.39, 0.29) is 0 Å². The molecule has 1 aromatic carbocycles. The molecule has 3 heterocycles. The molecule has 0 aliphatic heterocycles. The Morgan fingerprint density at radius 3 is 2.67 bits per heavy atom. The van der Waals surface area contributed by atoms with Crippen LogP contribution in [0.15, 0.2) is 47.4 Å². The number of hydrogen-bond donors (Lipinski definition) is 0. The van der Waals surface area contributed by atoms with Crippen molar-refractivity contribution in [2.24, 2.45) is 5.92 Å². The lowest BCUT2D eigenvalue weighted by molar-refractivity contribution is 0.393. The standard InChI is InChI=1S/C22H24N4O/c1-14(2)9-19-10-17(7-8-23-19)12-26-13-24-20-6-5-18(11-21(20)26)22-15(3)25-27-16(22)4/h5-8,10-11,13-14H,9,12H2,1-4H3. The number of benzene rings is 1. The van der Waals surface area contributed by atoms with Crippen molar-refractivity contribution in [2.45, 2.75) is 40.7 Å². The van der Waals surface area contributed by atoms with Gasteiger partial charge in [0.1, 0.15) is 5.76 Å². The summed E-state index contributed by atoms with van der Waals surface area (Å²) in [6, 6.07) is 10.6. The van der Waals surface area contributed by atoms with Gasteiger partial charge < -0.3 is 9.09 Å². The second-order valence-electron chi connectivity index (χ2n) is 7.53. The molecule has 0 radical (unpaired) electrons. The fourth-order valence-electron chi connectivity index (χ4n) is 3.59. The van der Waals surface area contributed by atoms with Crippen molar-refractivity contribution in [1.29, 1.82) is 0 Å². The number of imidazole rings is 1. The smallest absolute Gasteiger partial charge is 0.141 e. The quantitative estimate of drug-likeness (QED) is 0.505. The highest BCUT2D eigenvalue weighted by molar-refractivity contribution is 5.83. The average Bonchev–Trinajstić information content (AvgIpc) is 3.17. The maximum atomic E-state index is 5.33. The van der Waals surface area contributed by atoms with Gasteiger partial charge in [0.25, 0.3) is 0 Å². The molecule has 0 N–H and O–H groups in total. The first-order chi connectivity index (χ1) is 13.0. The summed E-state index contributed by atoms with van der Waals surface area (Å²) in [5.41, 5.74) is 7.55. The number of hydrogen-bond acceptors (Lipinski definition) is 4. The summed E-state index contributed by atoms with van der Waals surface area (Å²) in [6.07, 6.45) is 4.81. The lowest BCUT2D eigenvalue weighted by atomic mass is 10.0. The third-order valence-electron chi connectivity index (χ3n) is 4.79. The van der Waals surface area contributed by atoms with E-state index in [0.29, 0.717) is 5.92 Å². The van der Waals surface area contributed by atoms with Gasteiger partial charge in [-0.2, -0.15) is 0 Å². The molecule has 0 bridgehead atoms. The number of aromatic nitrogens is 4. The summed E-state index contributed by atoms with van der Waals surface area (Å²) in [6.45, 7) is 9.13. The van der Waals surface area contributed by atoms with Gasteiger partial charge in [0, 0.05) is 24.0 Å². The number of aryl methyl sites for hydroxylation is 2. The van der Waals surface area contributed by atoms with Crippen molar-refractivity contribution in [3.63, 3.8) is 0 Å². The third-order valence-corrected chi connectivity index (χ3v) is 4.79. The molecule has 5 heteroatoms. The van der Waals surface area contributed by atoms with Crippen LogP contribution in [-0.2, 0) is 13.0 Å². The van der Waals surface area contributed by atoms with Crippen molar-refractivity contribution in [1.82, 2.24) is 19.7 Å². The van der Waals surface area contributed by atoms with Crippen molar-refractivity contribution in [3.05, 3.63) is 65.6 Å². The highest BCUT2D eigenvalue weighted by Gasteiger charge is 2.13. The van der Waals surface area contributed by atoms with Gasteiger partial charge >= 0.3 is 0 Å². The summed E-state index contributed by atoms with van der Waals surface area (Å²) in [5, 5.41) is 4.08. The van der Waals surface area contributed by atoms with Crippen LogP contribution in [0.3, 0.4) is 0 Å². The van der Waals surface area contributed by atoms with Gasteiger partial charge in [0.05, 0.1) is 23.1 Å². The molecule has 4 rings (SSSR count). The Hall–Kier alpha value is -2.95. The van der Waals surface area contributed by atoms with E-state index in [4.69, 9.17) is 4.52 Å². The van der Waals surface area contributed by atoms with Crippen LogP contribution in [0, 0.1) is 19.8 Å². The van der Waals surface area contributed by atoms with E-state index < -0.39 is 0 Å². The Balaban J connectivity index is 1.70. The monoisotopic (exact) mass is 360 g/mol. The van der Waals surface area contributed by atoms with Crippen LogP contribution in [0.5, 0.6) is 0 Å². The lowest BCUT2D eigenvalue weighted by Gasteiger charge is -2.09. The van der Waals surface area contributed by atoms with Gasteiger partial charge in [0.2, 0.25) is 0 Å². The summed E-state index contributed by atoms with van der Waals surface area (Å²) >= 11 is 0. The predicted octanol–water partition coefficient (Wildman–Crippen LogP) is 4.95. The van der Waals surface area contributed by atoms with E-state index in [0.717, 1.165) is 52.3 Å². The fourth-order valence-corrected chi connectivity index (χ4v) is 3.59. The van der Waals surface area contributed by atoms with Crippen molar-refractivity contribution >= 4 is 11.0 Å². The van der Waals surface area contributed by atoms with Gasteiger partial charge in [-0.05, 0) is 61.6 Å². The van der Waals surface area contributed by atoms with Gasteiger partial charge in [-0.1, -0.05) is 25.1 Å². The SMILES string of the molecule is Cc1noc(C)c1-c1ccc2ncn(Cc3ccnc(CC(C)C)c3)c2c1. The Morgan fingerprint density at radius 1 is 1.07 bits per heavy atom. The van der Waals surface area contributed by atoms with Gasteiger partial charge in [-0.25, -0.2) is 4.98 Å². The number of pyridine rings is 1. The van der Waals surface area contributed by atoms with E-state index in [2.05, 4.69) is 63.9 Å². The summed E-state index contributed by atoms with van der Waals surface area (Å²) in [7, 11) is 0. The normalized spacial score (nSPS) is 11.6. The molecule has 0 fully saturated rings. The molecule has 0 aliphatic carbocycles. The fraction of sp³-hybridized carbons (Fsp3) is 0.318. The minimum absolute atomic E-state index is 0.597. The van der Waals surface area contributed by atoms with Crippen LogP contribution < -0.4 is 0 Å². The van der Waals surface area contributed by atoms with Gasteiger partial charge in [0.15, 0.2) is 0 Å². The molecule has 27 heavy (non-hydrogen) atoms. The molecular formula is C22H24N4O. The molecule has 0 unspecified atom stereocenters. The predicted molar refractivity (Wildman–Crippen MR) is 107 cm³/mol. The first kappa shape index (κ1) is 17.5. The molecule has 0 aliphatic rings. The molecule has 138 valence electrons. The summed E-state index contributed by atoms with van der Waals surface area (Å²) < 4.78 is 7.52. The van der Waals surface area contributed by atoms with Gasteiger partial charge in [-0.15, -0.1) is 0 Å². The van der Waals surface area contributed by atoms with Crippen LogP contribution in [0.4, 0.5) is 0 Å². The third kappa shape index (κ3) is 3.50. The Bertz CT molecular complexity index is 1070. The molecule has 0 saturated carbocycles. The number of fused-ring (bicyclic) bond motifs is 1. The lowest BCUT2D eigenvalue weighted by Crippen LogP contribution is -2.02. The van der Waals surface area contributed by atoms with E-state index in [1.165, 1.54) is 5.56 Å². The minimum atomic E-state index is 0.597. The van der Waals surface area contributed by atoms with E-state index >= 15 is 0 Å². The Labute approximate surface area is 159 Å². The molecule has 3 aromatic heterocycles. The zero-order valence-corrected chi connectivity index (χ0v) is 16.2. The Morgan fingerprint density at radius 2 is 1.93 bits per heavy atom. The van der Waals surface area contributed by atoms with Crippen LogP contribution in [0.1, 0.15) is 36.6 Å². The second kappa shape index (κ2) is 6.99. The first-order valence-electron chi connectivity index (χ1n) is 9.33. The van der Waals surface area contributed by atoms with Crippen molar-refractivity contribution < 1.29 is 4.52 Å². The molecule has 0 atom stereocenters. The summed E-state index contributed by atoms with van der Waals surface area (Å²) in [4.78, 5) is 9.06. The zero-order chi connectivity index (χ0) is 19.0. The molecular weight excluding hydrogens is 336 g/mol. The van der Waals surface area contributed by atoms with Crippen LogP contribution >= 0.6 is 0 Å². The first-order valence-corrected chi connectivity index (χ1v) is 9.33. The molecule has 0 saturated heterocycles. The van der Waals surface area contributed by atoms with E-state index in [1.54, 1.807) is 0 Å². The van der Waals surface area contributed by atoms with Crippen molar-refractivity contribution in [2.75, 3.05) is 0 Å². The van der Waals surface area contributed by atoms with Gasteiger partial charge in [-0.3, -0.25) is 4.98 Å². The van der Waals surface area contributed by atoms with Crippen LogP contribution in [0.2, 0.25) is 0 Å².